The number of nitrogens with zero attached hydrogens (tertiary/aromatic N) is 2. The molecule has 1 unspecified atom stereocenters. The average Bonchev–Trinajstić information content (AvgIpc) is 2.89. The molecule has 3 rings (SSSR count). The van der Waals surface area contributed by atoms with Crippen LogP contribution in [-0.4, -0.2) is 51.0 Å². The maximum absolute atomic E-state index is 13.7. The number of sulfonamides is 1. The molecule has 202 valence electrons. The molecule has 0 aromatic heterocycles. The third-order valence-electron chi connectivity index (χ3n) is 6.56. The molecular weight excluding hydrogens is 498 g/mol. The number of carbonyl (C=O) groups excluding carboxylic acids is 2. The van der Waals surface area contributed by atoms with E-state index in [4.69, 9.17) is 0 Å². The van der Waals surface area contributed by atoms with Gasteiger partial charge in [0.1, 0.15) is 6.04 Å². The fourth-order valence-corrected chi connectivity index (χ4v) is 5.44. The van der Waals surface area contributed by atoms with Crippen LogP contribution in [0.3, 0.4) is 0 Å². The summed E-state index contributed by atoms with van der Waals surface area (Å²) in [7, 11) is -1.97. The third-order valence-corrected chi connectivity index (χ3v) is 7.76. The lowest BCUT2D eigenvalue weighted by atomic mass is 10.0. The molecule has 0 aliphatic heterocycles. The van der Waals surface area contributed by atoms with E-state index in [1.807, 2.05) is 86.6 Å². The van der Waals surface area contributed by atoms with E-state index in [1.165, 1.54) is 10.6 Å². The Labute approximate surface area is 226 Å². The van der Waals surface area contributed by atoms with E-state index >= 15 is 0 Å². The Balaban J connectivity index is 1.85. The standard InChI is InChI=1S/C30H37N3O4S/c1-23-12-10-17-27(20-23)33(38(4,36)37)19-11-18-29(34)32(22-26-16-9-8-13-24(26)2)28(30(35)31-3)21-25-14-6-5-7-15-25/h5-10,12-17,20,28H,11,18-19,21-22H2,1-4H3,(H,31,35). The van der Waals surface area contributed by atoms with Gasteiger partial charge in [0.25, 0.3) is 0 Å². The second kappa shape index (κ2) is 13.2. The zero-order chi connectivity index (χ0) is 27.7. The number of aryl methyl sites for hydroxylation is 2. The van der Waals surface area contributed by atoms with Gasteiger partial charge in [-0.1, -0.05) is 66.7 Å². The molecule has 0 saturated heterocycles. The van der Waals surface area contributed by atoms with E-state index in [1.54, 1.807) is 18.0 Å². The normalized spacial score (nSPS) is 12.0. The SMILES string of the molecule is CNC(=O)C(Cc1ccccc1)N(Cc1ccccc1C)C(=O)CCCN(c1cccc(C)c1)S(C)(=O)=O. The summed E-state index contributed by atoms with van der Waals surface area (Å²) in [6.45, 7) is 4.33. The molecule has 2 amide bonds. The summed E-state index contributed by atoms with van der Waals surface area (Å²) in [5, 5.41) is 2.72. The Morgan fingerprint density at radius 3 is 2.24 bits per heavy atom. The number of carbonyl (C=O) groups is 2. The molecule has 0 radical (unpaired) electrons. The second-order valence-electron chi connectivity index (χ2n) is 9.55. The number of amides is 2. The number of benzene rings is 3. The van der Waals surface area contributed by atoms with Gasteiger partial charge in [0.15, 0.2) is 0 Å². The Bertz CT molecular complexity index is 1340. The van der Waals surface area contributed by atoms with Crippen LogP contribution in [0.25, 0.3) is 0 Å². The summed E-state index contributed by atoms with van der Waals surface area (Å²) in [6, 6.07) is 24.0. The third kappa shape index (κ3) is 7.92. The lowest BCUT2D eigenvalue weighted by molar-refractivity contribution is -0.141. The van der Waals surface area contributed by atoms with Gasteiger partial charge in [-0.05, 0) is 54.7 Å². The van der Waals surface area contributed by atoms with E-state index in [9.17, 15) is 18.0 Å². The van der Waals surface area contributed by atoms with Gasteiger partial charge in [-0.15, -0.1) is 0 Å². The van der Waals surface area contributed by atoms with E-state index in [-0.39, 0.29) is 31.3 Å². The minimum absolute atomic E-state index is 0.103. The Morgan fingerprint density at radius 2 is 1.61 bits per heavy atom. The molecule has 0 aliphatic carbocycles. The summed E-state index contributed by atoms with van der Waals surface area (Å²) in [5.41, 5.74) is 4.46. The van der Waals surface area contributed by atoms with Gasteiger partial charge < -0.3 is 10.2 Å². The maximum Gasteiger partial charge on any atom is 0.242 e. The molecule has 0 fully saturated rings. The van der Waals surface area contributed by atoms with Crippen molar-refractivity contribution in [3.63, 3.8) is 0 Å². The monoisotopic (exact) mass is 535 g/mol. The summed E-state index contributed by atoms with van der Waals surface area (Å²) < 4.78 is 26.4. The quantitative estimate of drug-likeness (QED) is 0.376. The first-order valence-electron chi connectivity index (χ1n) is 12.7. The molecule has 3 aromatic rings. The molecule has 0 heterocycles. The zero-order valence-corrected chi connectivity index (χ0v) is 23.4. The maximum atomic E-state index is 13.7. The first-order valence-corrected chi connectivity index (χ1v) is 14.6. The van der Waals surface area contributed by atoms with Crippen molar-refractivity contribution in [2.45, 2.75) is 45.7 Å². The molecule has 1 N–H and O–H groups in total. The van der Waals surface area contributed by atoms with Gasteiger partial charge in [0.05, 0.1) is 11.9 Å². The first-order chi connectivity index (χ1) is 18.1. The highest BCUT2D eigenvalue weighted by molar-refractivity contribution is 7.92. The largest absolute Gasteiger partial charge is 0.357 e. The summed E-state index contributed by atoms with van der Waals surface area (Å²) in [5.74, 6) is -0.441. The average molecular weight is 536 g/mol. The van der Waals surface area contributed by atoms with Crippen LogP contribution in [-0.2, 0) is 32.6 Å². The molecule has 3 aromatic carbocycles. The van der Waals surface area contributed by atoms with E-state index < -0.39 is 16.1 Å². The fraction of sp³-hybridized carbons (Fsp3) is 0.333. The lowest BCUT2D eigenvalue weighted by Crippen LogP contribution is -2.50. The second-order valence-corrected chi connectivity index (χ2v) is 11.5. The van der Waals surface area contributed by atoms with Gasteiger partial charge in [0.2, 0.25) is 21.8 Å². The Hall–Kier alpha value is -3.65. The number of hydrogen-bond acceptors (Lipinski definition) is 4. The van der Waals surface area contributed by atoms with Crippen LogP contribution < -0.4 is 9.62 Å². The van der Waals surface area contributed by atoms with Crippen molar-refractivity contribution in [1.29, 1.82) is 0 Å². The van der Waals surface area contributed by atoms with Gasteiger partial charge in [0, 0.05) is 33.0 Å². The van der Waals surface area contributed by atoms with E-state index in [0.29, 0.717) is 18.5 Å². The highest BCUT2D eigenvalue weighted by Crippen LogP contribution is 2.21. The minimum atomic E-state index is -3.54. The van der Waals surface area contributed by atoms with Gasteiger partial charge in [-0.3, -0.25) is 13.9 Å². The molecule has 38 heavy (non-hydrogen) atoms. The zero-order valence-electron chi connectivity index (χ0n) is 22.6. The first kappa shape index (κ1) is 28.9. The van der Waals surface area contributed by atoms with Crippen LogP contribution in [0.1, 0.15) is 35.1 Å². The number of hydrogen-bond donors (Lipinski definition) is 1. The van der Waals surface area contributed by atoms with Crippen molar-refractivity contribution in [1.82, 2.24) is 10.2 Å². The van der Waals surface area contributed by atoms with Gasteiger partial charge >= 0.3 is 0 Å². The molecule has 1 atom stereocenters. The van der Waals surface area contributed by atoms with Crippen molar-refractivity contribution in [2.75, 3.05) is 24.2 Å². The highest BCUT2D eigenvalue weighted by Gasteiger charge is 2.30. The lowest BCUT2D eigenvalue weighted by Gasteiger charge is -2.32. The van der Waals surface area contributed by atoms with Crippen molar-refractivity contribution in [3.05, 3.63) is 101 Å². The summed E-state index contributed by atoms with van der Waals surface area (Å²) in [6.07, 6.45) is 1.96. The topological polar surface area (TPSA) is 86.8 Å². The van der Waals surface area contributed by atoms with Gasteiger partial charge in [-0.2, -0.15) is 0 Å². The smallest absolute Gasteiger partial charge is 0.242 e. The molecule has 7 nitrogen and oxygen atoms in total. The van der Waals surface area contributed by atoms with Crippen molar-refractivity contribution < 1.29 is 18.0 Å². The van der Waals surface area contributed by atoms with Crippen molar-refractivity contribution in [2.24, 2.45) is 0 Å². The number of likely N-dealkylation sites (N-methyl/N-ethyl adjacent to an activating group) is 1. The predicted molar refractivity (Wildman–Crippen MR) is 152 cm³/mol. The van der Waals surface area contributed by atoms with Crippen LogP contribution in [0.5, 0.6) is 0 Å². The predicted octanol–water partition coefficient (Wildman–Crippen LogP) is 4.24. The fourth-order valence-electron chi connectivity index (χ4n) is 4.48. The van der Waals surface area contributed by atoms with Gasteiger partial charge in [-0.25, -0.2) is 8.42 Å². The van der Waals surface area contributed by atoms with Crippen LogP contribution in [0.15, 0.2) is 78.9 Å². The molecule has 0 saturated carbocycles. The van der Waals surface area contributed by atoms with Crippen LogP contribution >= 0.6 is 0 Å². The minimum Gasteiger partial charge on any atom is -0.357 e. The number of anilines is 1. The van der Waals surface area contributed by atoms with Crippen LogP contribution in [0.2, 0.25) is 0 Å². The Morgan fingerprint density at radius 1 is 0.921 bits per heavy atom. The van der Waals surface area contributed by atoms with Crippen molar-refractivity contribution >= 4 is 27.5 Å². The number of nitrogens with one attached hydrogen (secondary N) is 1. The molecule has 0 bridgehead atoms. The summed E-state index contributed by atoms with van der Waals surface area (Å²) >= 11 is 0. The highest BCUT2D eigenvalue weighted by atomic mass is 32.2. The van der Waals surface area contributed by atoms with Crippen molar-refractivity contribution in [3.8, 4) is 0 Å². The molecule has 8 heteroatoms. The van der Waals surface area contributed by atoms with Crippen LogP contribution in [0, 0.1) is 13.8 Å². The number of rotatable bonds is 12. The summed E-state index contributed by atoms with van der Waals surface area (Å²) in [4.78, 5) is 28.4. The molecule has 0 spiro atoms. The van der Waals surface area contributed by atoms with E-state index in [0.717, 1.165) is 22.3 Å². The molecule has 0 aliphatic rings. The molecular formula is C30H37N3O4S. The van der Waals surface area contributed by atoms with E-state index in [2.05, 4.69) is 5.32 Å². The Kier molecular flexibility index (Phi) is 10.1. The van der Waals surface area contributed by atoms with Crippen LogP contribution in [0.4, 0.5) is 5.69 Å².